The number of phenolic OH excluding ortho intramolecular Hbond substituents is 1. The Morgan fingerprint density at radius 2 is 0.869 bits per heavy atom. The van der Waals surface area contributed by atoms with Gasteiger partial charge in [0.25, 0.3) is 10.1 Å². The predicted octanol–water partition coefficient (Wildman–Crippen LogP) is 12.4. The Morgan fingerprint density at radius 3 is 1.33 bits per heavy atom. The van der Waals surface area contributed by atoms with Crippen molar-refractivity contribution < 1.29 is 45.6 Å². The SMILES string of the molecule is CCCCCCCCCCCCc1ccc(O)c(Oc2ccccc2S(=O)(=O)O)c1.CCCCCCCCCCCCc1ccc([O-])c(Oc2ccccc2S(=O)(=O)[O-])c1.[Ca+2]. The van der Waals surface area contributed by atoms with Crippen LogP contribution >= 0.6 is 0 Å². The van der Waals surface area contributed by atoms with E-state index < -0.39 is 25.1 Å². The van der Waals surface area contributed by atoms with Crippen LogP contribution in [0, 0.1) is 0 Å². The molecule has 0 spiro atoms. The maximum absolute atomic E-state index is 12.1. The Kier molecular flexibility index (Phi) is 27.0. The Hall–Kier alpha value is -2.84. The molecule has 2 N–H and O–H groups in total. The van der Waals surface area contributed by atoms with Crippen molar-refractivity contribution in [3.8, 4) is 34.5 Å². The summed E-state index contributed by atoms with van der Waals surface area (Å²) in [4.78, 5) is -0.797. The van der Waals surface area contributed by atoms with Gasteiger partial charge in [0.1, 0.15) is 32.3 Å². The molecule has 4 rings (SSSR count). The van der Waals surface area contributed by atoms with E-state index in [0.717, 1.165) is 49.7 Å². The van der Waals surface area contributed by atoms with E-state index in [2.05, 4.69) is 13.8 Å². The van der Waals surface area contributed by atoms with Gasteiger partial charge < -0.3 is 24.2 Å². The summed E-state index contributed by atoms with van der Waals surface area (Å²) < 4.78 is 77.7. The van der Waals surface area contributed by atoms with Crippen molar-refractivity contribution in [1.29, 1.82) is 0 Å². The number of rotatable bonds is 28. The average Bonchev–Trinajstić information content (AvgIpc) is 3.21. The third-order valence-corrected chi connectivity index (χ3v) is 12.1. The summed E-state index contributed by atoms with van der Waals surface area (Å²) in [6.45, 7) is 4.47. The van der Waals surface area contributed by atoms with Crippen LogP contribution in [-0.2, 0) is 33.1 Å². The third-order valence-electron chi connectivity index (χ3n) is 10.4. The maximum Gasteiger partial charge on any atom is 2.00 e. The molecular weight excluding hydrogens is 841 g/mol. The summed E-state index contributed by atoms with van der Waals surface area (Å²) in [5, 5.41) is 22.2. The fourth-order valence-corrected chi connectivity index (χ4v) is 8.16. The van der Waals surface area contributed by atoms with Crippen molar-refractivity contribution in [3.63, 3.8) is 0 Å². The van der Waals surface area contributed by atoms with Crippen molar-refractivity contribution in [2.45, 2.75) is 165 Å². The van der Waals surface area contributed by atoms with E-state index in [1.54, 1.807) is 36.4 Å². The van der Waals surface area contributed by atoms with Gasteiger partial charge in [0.15, 0.2) is 11.5 Å². The van der Waals surface area contributed by atoms with Gasteiger partial charge in [0.05, 0.1) is 4.90 Å². The molecule has 0 fully saturated rings. The fraction of sp³-hybridized carbons (Fsp3) is 0.500. The maximum atomic E-state index is 12.1. The van der Waals surface area contributed by atoms with Gasteiger partial charge in [-0.15, -0.1) is 0 Å². The van der Waals surface area contributed by atoms with E-state index in [1.807, 2.05) is 6.07 Å². The van der Waals surface area contributed by atoms with E-state index >= 15 is 0 Å². The van der Waals surface area contributed by atoms with Gasteiger partial charge in [-0.2, -0.15) is 8.42 Å². The predicted molar refractivity (Wildman–Crippen MR) is 242 cm³/mol. The largest absolute Gasteiger partial charge is 2.00 e. The molecule has 13 heteroatoms. The van der Waals surface area contributed by atoms with E-state index in [4.69, 9.17) is 9.47 Å². The molecule has 10 nitrogen and oxygen atoms in total. The Morgan fingerprint density at radius 1 is 0.492 bits per heavy atom. The number of benzene rings is 4. The standard InChI is InChI=1S/2C24H34O5S.Ca/c2*1-2-3-4-5-6-7-8-9-10-11-14-20-17-18-21(25)23(19-20)29-22-15-12-13-16-24(22)30(26,27)28;/h2*12-13,15-19,25H,2-11,14H2,1H3,(H,26,27,28);/q;;+2/p-2. The van der Waals surface area contributed by atoms with E-state index in [-0.39, 0.29) is 77.1 Å². The fourth-order valence-electron chi connectivity index (χ4n) is 6.94. The summed E-state index contributed by atoms with van der Waals surface area (Å²) in [6.07, 6.45) is 27.0. The molecule has 0 aliphatic heterocycles. The van der Waals surface area contributed by atoms with Crippen molar-refractivity contribution in [1.82, 2.24) is 0 Å². The first-order chi connectivity index (χ1) is 28.8. The molecule has 0 aliphatic rings. The molecule has 0 aliphatic carbocycles. The second-order valence-corrected chi connectivity index (χ2v) is 18.2. The molecule has 0 atom stereocenters. The smallest absolute Gasteiger partial charge is 0.870 e. The molecule has 4 aromatic rings. The number of aryl methyl sites for hydroxylation is 2. The molecule has 0 radical (unpaired) electrons. The molecule has 0 bridgehead atoms. The average molecular weight is 907 g/mol. The summed E-state index contributed by atoms with van der Waals surface area (Å²) in [7, 11) is -9.10. The van der Waals surface area contributed by atoms with Crippen molar-refractivity contribution in [2.75, 3.05) is 0 Å². The first-order valence-electron chi connectivity index (χ1n) is 21.9. The number of hydrogen-bond acceptors (Lipinski definition) is 9. The molecule has 0 unspecified atom stereocenters. The van der Waals surface area contributed by atoms with Gasteiger partial charge in [0.2, 0.25) is 0 Å². The summed E-state index contributed by atoms with van der Waals surface area (Å²) in [5.41, 5.74) is 1.98. The first-order valence-corrected chi connectivity index (χ1v) is 24.8. The van der Waals surface area contributed by atoms with Gasteiger partial charge in [-0.3, -0.25) is 4.55 Å². The van der Waals surface area contributed by atoms with Crippen molar-refractivity contribution in [3.05, 3.63) is 96.1 Å². The van der Waals surface area contributed by atoms with Gasteiger partial charge in [-0.25, -0.2) is 8.42 Å². The molecule has 0 amide bonds. The van der Waals surface area contributed by atoms with Gasteiger partial charge in [-0.05, 0) is 79.3 Å². The summed E-state index contributed by atoms with van der Waals surface area (Å²) in [5.74, 6) is -0.356. The zero-order chi connectivity index (χ0) is 43.6. The third kappa shape index (κ3) is 21.9. The van der Waals surface area contributed by atoms with Crippen molar-refractivity contribution in [2.24, 2.45) is 0 Å². The van der Waals surface area contributed by atoms with Crippen LogP contribution in [0.15, 0.2) is 94.7 Å². The molecule has 0 heterocycles. The number of aromatic hydroxyl groups is 1. The number of hydrogen-bond donors (Lipinski definition) is 2. The zero-order valence-electron chi connectivity index (χ0n) is 36.3. The second-order valence-electron chi connectivity index (χ2n) is 15.5. The van der Waals surface area contributed by atoms with E-state index in [0.29, 0.717) is 0 Å². The second kappa shape index (κ2) is 30.3. The van der Waals surface area contributed by atoms with Crippen LogP contribution in [0.3, 0.4) is 0 Å². The van der Waals surface area contributed by atoms with Crippen LogP contribution in [0.5, 0.6) is 34.5 Å². The molecule has 61 heavy (non-hydrogen) atoms. The monoisotopic (exact) mass is 906 g/mol. The Bertz CT molecular complexity index is 1910. The normalized spacial score (nSPS) is 11.3. The Labute approximate surface area is 396 Å². The van der Waals surface area contributed by atoms with Crippen LogP contribution in [0.1, 0.15) is 153 Å². The van der Waals surface area contributed by atoms with Crippen LogP contribution in [-0.4, -0.2) is 68.8 Å². The molecule has 0 saturated heterocycles. The summed E-state index contributed by atoms with van der Waals surface area (Å²) >= 11 is 0. The van der Waals surface area contributed by atoms with Crippen LogP contribution in [0.25, 0.3) is 0 Å². The number of unbranched alkanes of at least 4 members (excludes halogenated alkanes) is 18. The molecule has 0 aromatic heterocycles. The topological polar surface area (TPSA) is 173 Å². The van der Waals surface area contributed by atoms with E-state index in [1.165, 1.54) is 145 Å². The number of phenols is 1. The minimum atomic E-state index is -4.69. The van der Waals surface area contributed by atoms with Gasteiger partial charge in [0, 0.05) is 0 Å². The van der Waals surface area contributed by atoms with Crippen LogP contribution in [0.2, 0.25) is 0 Å². The van der Waals surface area contributed by atoms with Crippen molar-refractivity contribution >= 4 is 58.0 Å². The molecular formula is C48H66CaO10S2. The van der Waals surface area contributed by atoms with Gasteiger partial charge in [-0.1, -0.05) is 178 Å². The Balaban J connectivity index is 0.000000413. The van der Waals surface area contributed by atoms with Gasteiger partial charge >= 0.3 is 37.7 Å². The minimum absolute atomic E-state index is 0. The quantitative estimate of drug-likeness (QED) is 0.0317. The molecule has 0 saturated carbocycles. The van der Waals surface area contributed by atoms with Crippen LogP contribution in [0.4, 0.5) is 0 Å². The van der Waals surface area contributed by atoms with E-state index in [9.17, 15) is 36.2 Å². The molecule has 332 valence electrons. The number of ether oxygens (including phenoxy) is 2. The van der Waals surface area contributed by atoms with Crippen LogP contribution < -0.4 is 14.6 Å². The number of para-hydroxylation sites is 2. The minimum Gasteiger partial charge on any atom is -0.870 e. The summed E-state index contributed by atoms with van der Waals surface area (Å²) in [6, 6.07) is 21.3. The first kappa shape index (κ1) is 54.3. The zero-order valence-corrected chi connectivity index (χ0v) is 40.2. The molecule has 4 aromatic carbocycles.